The van der Waals surface area contributed by atoms with E-state index in [1.54, 1.807) is 12.1 Å². The van der Waals surface area contributed by atoms with Gasteiger partial charge in [0.15, 0.2) is 6.10 Å². The van der Waals surface area contributed by atoms with Gasteiger partial charge < -0.3 is 10.1 Å². The first-order chi connectivity index (χ1) is 12.7. The summed E-state index contributed by atoms with van der Waals surface area (Å²) in [6.07, 6.45) is -1.15. The number of amides is 1. The van der Waals surface area contributed by atoms with Gasteiger partial charge in [0.25, 0.3) is 11.6 Å². The number of carbonyl (C=O) groups is 2. The average molecular weight is 391 g/mol. The number of anilines is 1. The summed E-state index contributed by atoms with van der Waals surface area (Å²) in [4.78, 5) is 34.8. The second-order valence-corrected chi connectivity index (χ2v) is 6.67. The number of esters is 1. The fraction of sp³-hybridized carbons (Fsp3) is 0.263. The molecule has 0 spiro atoms. The van der Waals surface area contributed by atoms with Crippen molar-refractivity contribution < 1.29 is 19.2 Å². The van der Waals surface area contributed by atoms with Gasteiger partial charge in [0.1, 0.15) is 5.56 Å². The summed E-state index contributed by atoms with van der Waals surface area (Å²) in [5, 5.41) is 13.8. The van der Waals surface area contributed by atoms with E-state index in [0.29, 0.717) is 11.6 Å². The molecule has 0 saturated carbocycles. The molecular weight excluding hydrogens is 372 g/mol. The van der Waals surface area contributed by atoms with Crippen LogP contribution in [0.1, 0.15) is 42.6 Å². The summed E-state index contributed by atoms with van der Waals surface area (Å²) in [6.45, 7) is 5.50. The third kappa shape index (κ3) is 5.27. The van der Waals surface area contributed by atoms with Gasteiger partial charge >= 0.3 is 5.97 Å². The number of benzene rings is 2. The predicted octanol–water partition coefficient (Wildman–Crippen LogP) is 4.56. The van der Waals surface area contributed by atoms with E-state index in [2.05, 4.69) is 19.2 Å². The van der Waals surface area contributed by atoms with Crippen molar-refractivity contribution >= 4 is 34.9 Å². The molecule has 0 radical (unpaired) electrons. The predicted molar refractivity (Wildman–Crippen MR) is 102 cm³/mol. The summed E-state index contributed by atoms with van der Waals surface area (Å²) in [5.74, 6) is -1.18. The van der Waals surface area contributed by atoms with Crippen molar-refractivity contribution in [1.82, 2.24) is 0 Å². The lowest BCUT2D eigenvalue weighted by atomic mass is 10.0. The second-order valence-electron chi connectivity index (χ2n) is 6.23. The van der Waals surface area contributed by atoms with E-state index in [1.165, 1.54) is 13.0 Å². The molecule has 0 saturated heterocycles. The third-order valence-electron chi connectivity index (χ3n) is 3.87. The number of hydrogen-bond donors (Lipinski definition) is 1. The van der Waals surface area contributed by atoms with Crippen molar-refractivity contribution in [3.63, 3.8) is 0 Å². The highest BCUT2D eigenvalue weighted by Crippen LogP contribution is 2.24. The molecule has 2 rings (SSSR count). The van der Waals surface area contributed by atoms with Crippen molar-refractivity contribution in [2.45, 2.75) is 32.8 Å². The van der Waals surface area contributed by atoms with Gasteiger partial charge in [0, 0.05) is 16.8 Å². The lowest BCUT2D eigenvalue weighted by Gasteiger charge is -2.14. The van der Waals surface area contributed by atoms with Gasteiger partial charge in [0.2, 0.25) is 0 Å². The molecule has 2 aromatic rings. The molecule has 2 aromatic carbocycles. The number of hydrogen-bond acceptors (Lipinski definition) is 5. The first-order valence-electron chi connectivity index (χ1n) is 8.24. The fourth-order valence-electron chi connectivity index (χ4n) is 2.30. The first-order valence-corrected chi connectivity index (χ1v) is 8.62. The lowest BCUT2D eigenvalue weighted by Crippen LogP contribution is -2.30. The minimum Gasteiger partial charge on any atom is -0.449 e. The van der Waals surface area contributed by atoms with Crippen LogP contribution in [0.5, 0.6) is 0 Å². The maximum atomic E-state index is 12.2. The van der Waals surface area contributed by atoms with E-state index in [-0.39, 0.29) is 10.6 Å². The van der Waals surface area contributed by atoms with Gasteiger partial charge in [-0.2, -0.15) is 0 Å². The van der Waals surface area contributed by atoms with Crippen LogP contribution in [0.4, 0.5) is 11.4 Å². The van der Waals surface area contributed by atoms with Crippen molar-refractivity contribution in [2.75, 3.05) is 5.32 Å². The highest BCUT2D eigenvalue weighted by Gasteiger charge is 2.25. The van der Waals surface area contributed by atoms with E-state index in [9.17, 15) is 19.7 Å². The quantitative estimate of drug-likeness (QED) is 0.443. The highest BCUT2D eigenvalue weighted by atomic mass is 35.5. The Hall–Kier alpha value is -2.93. The molecule has 7 nitrogen and oxygen atoms in total. The second kappa shape index (κ2) is 8.64. The minimum atomic E-state index is -1.15. The summed E-state index contributed by atoms with van der Waals surface area (Å²) < 4.78 is 5.06. The number of nitrogens with one attached hydrogen (secondary N) is 1. The van der Waals surface area contributed by atoms with Gasteiger partial charge in [-0.1, -0.05) is 37.6 Å². The van der Waals surface area contributed by atoms with Gasteiger partial charge in [0.05, 0.1) is 4.92 Å². The Morgan fingerprint density at radius 3 is 2.30 bits per heavy atom. The van der Waals surface area contributed by atoms with Gasteiger partial charge in [-0.3, -0.25) is 14.9 Å². The molecule has 0 unspecified atom stereocenters. The van der Waals surface area contributed by atoms with E-state index < -0.39 is 28.6 Å². The molecule has 1 amide bonds. The molecule has 0 bridgehead atoms. The van der Waals surface area contributed by atoms with Crippen LogP contribution in [0.2, 0.25) is 5.02 Å². The van der Waals surface area contributed by atoms with Crippen molar-refractivity contribution in [3.05, 3.63) is 68.7 Å². The van der Waals surface area contributed by atoms with Gasteiger partial charge in [-0.15, -0.1) is 0 Å². The minimum absolute atomic E-state index is 0.148. The molecule has 0 aliphatic rings. The van der Waals surface area contributed by atoms with E-state index in [4.69, 9.17) is 16.3 Å². The van der Waals surface area contributed by atoms with Crippen LogP contribution < -0.4 is 5.32 Å². The van der Waals surface area contributed by atoms with Crippen molar-refractivity contribution in [2.24, 2.45) is 0 Å². The van der Waals surface area contributed by atoms with Crippen LogP contribution in [0.15, 0.2) is 42.5 Å². The zero-order valence-electron chi connectivity index (χ0n) is 15.1. The van der Waals surface area contributed by atoms with Crippen LogP contribution in [0.3, 0.4) is 0 Å². The van der Waals surface area contributed by atoms with Gasteiger partial charge in [-0.25, -0.2) is 4.79 Å². The molecule has 0 aliphatic carbocycles. The van der Waals surface area contributed by atoms with Crippen molar-refractivity contribution in [3.8, 4) is 0 Å². The Labute approximate surface area is 161 Å². The normalized spacial score (nSPS) is 11.7. The number of nitro groups is 1. The standard InChI is InChI=1S/C19H19ClN2O5/c1-11(2)13-4-7-15(8-5-13)21-18(23)12(3)27-19(24)16-10-14(20)6-9-17(16)22(25)26/h4-12H,1-3H3,(H,21,23)/t12-/m1/s1. The number of rotatable bonds is 6. The van der Waals surface area contributed by atoms with E-state index >= 15 is 0 Å². The molecule has 27 heavy (non-hydrogen) atoms. The average Bonchev–Trinajstić information content (AvgIpc) is 2.61. The highest BCUT2D eigenvalue weighted by molar-refractivity contribution is 6.31. The zero-order chi connectivity index (χ0) is 20.1. The number of nitrogens with zero attached hydrogens (tertiary/aromatic N) is 1. The van der Waals surface area contributed by atoms with Crippen LogP contribution in [0.25, 0.3) is 0 Å². The van der Waals surface area contributed by atoms with Crippen LogP contribution in [0, 0.1) is 10.1 Å². The maximum absolute atomic E-state index is 12.2. The molecule has 142 valence electrons. The Bertz CT molecular complexity index is 865. The number of carbonyl (C=O) groups excluding carboxylic acids is 2. The topological polar surface area (TPSA) is 98.5 Å². The summed E-state index contributed by atoms with van der Waals surface area (Å²) in [6, 6.07) is 10.8. The SMILES string of the molecule is CC(C)c1ccc(NC(=O)[C@@H](C)OC(=O)c2cc(Cl)ccc2[N+](=O)[O-])cc1. The van der Waals surface area contributed by atoms with Crippen LogP contribution >= 0.6 is 11.6 Å². The summed E-state index contributed by atoms with van der Waals surface area (Å²) >= 11 is 5.80. The molecule has 1 atom stereocenters. The molecule has 0 heterocycles. The molecular formula is C19H19ClN2O5. The summed E-state index contributed by atoms with van der Waals surface area (Å²) in [7, 11) is 0. The number of ether oxygens (including phenoxy) is 1. The van der Waals surface area contributed by atoms with Crippen LogP contribution in [-0.2, 0) is 9.53 Å². The number of nitro benzene ring substituents is 1. The Morgan fingerprint density at radius 2 is 1.74 bits per heavy atom. The van der Waals surface area contributed by atoms with E-state index in [0.717, 1.165) is 17.7 Å². The molecule has 8 heteroatoms. The number of halogens is 1. The molecule has 1 N–H and O–H groups in total. The molecule has 0 aliphatic heterocycles. The van der Waals surface area contributed by atoms with Gasteiger partial charge in [-0.05, 0) is 42.7 Å². The van der Waals surface area contributed by atoms with E-state index in [1.807, 2.05) is 12.1 Å². The smallest absolute Gasteiger partial charge is 0.345 e. The van der Waals surface area contributed by atoms with Crippen molar-refractivity contribution in [1.29, 1.82) is 0 Å². The molecule has 0 aromatic heterocycles. The summed E-state index contributed by atoms with van der Waals surface area (Å²) in [5.41, 5.74) is 0.927. The maximum Gasteiger partial charge on any atom is 0.345 e. The Kier molecular flexibility index (Phi) is 6.52. The Morgan fingerprint density at radius 1 is 1.11 bits per heavy atom. The molecule has 0 fully saturated rings. The van der Waals surface area contributed by atoms with Crippen LogP contribution in [-0.4, -0.2) is 22.9 Å². The fourth-order valence-corrected chi connectivity index (χ4v) is 2.48. The Balaban J connectivity index is 2.07. The largest absolute Gasteiger partial charge is 0.449 e. The first kappa shape index (κ1) is 20.4. The zero-order valence-corrected chi connectivity index (χ0v) is 15.8. The monoisotopic (exact) mass is 390 g/mol. The third-order valence-corrected chi connectivity index (χ3v) is 4.11. The lowest BCUT2D eigenvalue weighted by molar-refractivity contribution is -0.385.